The Morgan fingerprint density at radius 2 is 1.75 bits per heavy atom. The summed E-state index contributed by atoms with van der Waals surface area (Å²) in [6, 6.07) is 7.35. The highest BCUT2D eigenvalue weighted by molar-refractivity contribution is 7.92. The predicted molar refractivity (Wildman–Crippen MR) is 100 cm³/mol. The van der Waals surface area contributed by atoms with E-state index in [9.17, 15) is 8.42 Å². The third-order valence-electron chi connectivity index (χ3n) is 4.02. The molecule has 0 unspecified atom stereocenters. The third kappa shape index (κ3) is 4.06. The van der Waals surface area contributed by atoms with Crippen LogP contribution >= 0.6 is 11.3 Å². The van der Waals surface area contributed by atoms with E-state index in [1.54, 1.807) is 23.5 Å². The Labute approximate surface area is 147 Å². The molecule has 130 valence electrons. The van der Waals surface area contributed by atoms with E-state index in [-0.39, 0.29) is 0 Å². The topological polar surface area (TPSA) is 65.5 Å². The minimum atomic E-state index is -3.25. The Kier molecular flexibility index (Phi) is 4.80. The smallest absolute Gasteiger partial charge is 0.229 e. The van der Waals surface area contributed by atoms with Gasteiger partial charge in [0.05, 0.1) is 11.9 Å². The number of rotatable bonds is 4. The second-order valence-corrected chi connectivity index (χ2v) is 9.07. The van der Waals surface area contributed by atoms with Gasteiger partial charge >= 0.3 is 0 Å². The van der Waals surface area contributed by atoms with Crippen molar-refractivity contribution in [1.82, 2.24) is 9.88 Å². The molecular formula is C16H22N4O2S2. The number of aromatic nitrogens is 1. The third-order valence-corrected chi connectivity index (χ3v) is 5.66. The van der Waals surface area contributed by atoms with E-state index >= 15 is 0 Å². The van der Waals surface area contributed by atoms with Crippen LogP contribution in [0.25, 0.3) is 11.3 Å². The average molecular weight is 367 g/mol. The van der Waals surface area contributed by atoms with Gasteiger partial charge in [-0.2, -0.15) is 0 Å². The lowest BCUT2D eigenvalue weighted by molar-refractivity contribution is 0.313. The predicted octanol–water partition coefficient (Wildman–Crippen LogP) is 2.24. The van der Waals surface area contributed by atoms with Crippen LogP contribution < -0.4 is 9.62 Å². The monoisotopic (exact) mass is 366 g/mol. The summed E-state index contributed by atoms with van der Waals surface area (Å²) in [6.07, 6.45) is 1.15. The van der Waals surface area contributed by atoms with Crippen LogP contribution in [0.2, 0.25) is 0 Å². The van der Waals surface area contributed by atoms with E-state index in [0.29, 0.717) is 5.69 Å². The molecule has 2 heterocycles. The fourth-order valence-electron chi connectivity index (χ4n) is 2.69. The highest BCUT2D eigenvalue weighted by atomic mass is 32.2. The largest absolute Gasteiger partial charge is 0.346 e. The van der Waals surface area contributed by atoms with Gasteiger partial charge in [0, 0.05) is 42.3 Å². The Balaban J connectivity index is 1.80. The van der Waals surface area contributed by atoms with Crippen molar-refractivity contribution >= 4 is 32.2 Å². The minimum absolute atomic E-state index is 0.563. The summed E-state index contributed by atoms with van der Waals surface area (Å²) in [7, 11) is -1.11. The number of sulfonamides is 1. The van der Waals surface area contributed by atoms with E-state index in [2.05, 4.69) is 28.5 Å². The van der Waals surface area contributed by atoms with Crippen molar-refractivity contribution in [2.24, 2.45) is 0 Å². The Morgan fingerprint density at radius 3 is 2.33 bits per heavy atom. The van der Waals surface area contributed by atoms with Crippen LogP contribution in [0.1, 0.15) is 4.88 Å². The van der Waals surface area contributed by atoms with Crippen molar-refractivity contribution in [2.75, 3.05) is 49.1 Å². The number of hydrogen-bond donors (Lipinski definition) is 1. The second-order valence-electron chi connectivity index (χ2n) is 6.14. The zero-order chi connectivity index (χ0) is 17.3. The first-order chi connectivity index (χ1) is 11.3. The summed E-state index contributed by atoms with van der Waals surface area (Å²) in [6.45, 7) is 6.19. The fraction of sp³-hybridized carbons (Fsp3) is 0.438. The molecule has 0 spiro atoms. The summed E-state index contributed by atoms with van der Waals surface area (Å²) in [4.78, 5) is 10.7. The summed E-state index contributed by atoms with van der Waals surface area (Å²) in [5.41, 5.74) is 2.54. The molecule has 0 saturated carbocycles. The zero-order valence-electron chi connectivity index (χ0n) is 14.1. The highest BCUT2D eigenvalue weighted by Gasteiger charge is 2.19. The Morgan fingerprint density at radius 1 is 1.12 bits per heavy atom. The lowest BCUT2D eigenvalue weighted by Crippen LogP contribution is -2.44. The second kappa shape index (κ2) is 6.70. The van der Waals surface area contributed by atoms with Crippen LogP contribution in [0.4, 0.5) is 10.8 Å². The number of thiazole rings is 1. The molecule has 0 atom stereocenters. The van der Waals surface area contributed by atoms with Gasteiger partial charge in [-0.1, -0.05) is 12.1 Å². The lowest BCUT2D eigenvalue weighted by Gasteiger charge is -2.32. The van der Waals surface area contributed by atoms with Crippen molar-refractivity contribution < 1.29 is 8.42 Å². The van der Waals surface area contributed by atoms with E-state index in [1.807, 2.05) is 12.1 Å². The molecule has 3 rings (SSSR count). The van der Waals surface area contributed by atoms with Gasteiger partial charge in [0.25, 0.3) is 0 Å². The highest BCUT2D eigenvalue weighted by Crippen LogP contribution is 2.33. The molecule has 1 saturated heterocycles. The van der Waals surface area contributed by atoms with Crippen molar-refractivity contribution in [3.8, 4) is 11.3 Å². The van der Waals surface area contributed by atoms with Crippen molar-refractivity contribution in [3.05, 3.63) is 29.1 Å². The van der Waals surface area contributed by atoms with Gasteiger partial charge in [0.2, 0.25) is 10.0 Å². The maximum atomic E-state index is 11.3. The molecule has 8 heteroatoms. The van der Waals surface area contributed by atoms with Gasteiger partial charge in [-0.05, 0) is 26.1 Å². The summed E-state index contributed by atoms with van der Waals surface area (Å²) in [5.74, 6) is 0. The van der Waals surface area contributed by atoms with Crippen LogP contribution in [0.15, 0.2) is 24.3 Å². The van der Waals surface area contributed by atoms with Gasteiger partial charge < -0.3 is 9.80 Å². The molecule has 2 aromatic rings. The average Bonchev–Trinajstić information content (AvgIpc) is 2.89. The molecule has 1 fully saturated rings. The maximum Gasteiger partial charge on any atom is 0.229 e. The van der Waals surface area contributed by atoms with Gasteiger partial charge in [-0.15, -0.1) is 11.3 Å². The van der Waals surface area contributed by atoms with Crippen LogP contribution in [-0.2, 0) is 10.0 Å². The molecule has 1 aromatic heterocycles. The first kappa shape index (κ1) is 17.2. The number of anilines is 2. The van der Waals surface area contributed by atoms with Crippen LogP contribution in [-0.4, -0.2) is 57.8 Å². The molecule has 24 heavy (non-hydrogen) atoms. The normalized spacial score (nSPS) is 16.4. The quantitative estimate of drug-likeness (QED) is 0.899. The van der Waals surface area contributed by atoms with Gasteiger partial charge in [0.1, 0.15) is 0 Å². The van der Waals surface area contributed by atoms with E-state index in [1.165, 1.54) is 4.88 Å². The van der Waals surface area contributed by atoms with Crippen LogP contribution in [0, 0.1) is 6.92 Å². The number of benzene rings is 1. The number of likely N-dealkylation sites (N-methyl/N-ethyl adjacent to an activating group) is 1. The van der Waals surface area contributed by atoms with E-state index in [0.717, 1.165) is 48.8 Å². The Hall–Kier alpha value is -1.64. The molecule has 1 aromatic carbocycles. The molecule has 1 aliphatic heterocycles. The molecule has 0 radical (unpaired) electrons. The zero-order valence-corrected chi connectivity index (χ0v) is 15.7. The fourth-order valence-corrected chi connectivity index (χ4v) is 4.24. The number of aryl methyl sites for hydroxylation is 1. The minimum Gasteiger partial charge on any atom is -0.346 e. The molecular weight excluding hydrogens is 344 g/mol. The van der Waals surface area contributed by atoms with Gasteiger partial charge in [-0.25, -0.2) is 13.4 Å². The van der Waals surface area contributed by atoms with Crippen LogP contribution in [0.3, 0.4) is 0 Å². The van der Waals surface area contributed by atoms with Crippen LogP contribution in [0.5, 0.6) is 0 Å². The van der Waals surface area contributed by atoms with Gasteiger partial charge in [0.15, 0.2) is 5.13 Å². The van der Waals surface area contributed by atoms with Crippen molar-refractivity contribution in [2.45, 2.75) is 6.92 Å². The van der Waals surface area contributed by atoms with Crippen molar-refractivity contribution in [3.63, 3.8) is 0 Å². The van der Waals surface area contributed by atoms with Crippen molar-refractivity contribution in [1.29, 1.82) is 0 Å². The maximum absolute atomic E-state index is 11.3. The summed E-state index contributed by atoms with van der Waals surface area (Å²) >= 11 is 1.72. The Bertz CT molecular complexity index is 807. The number of hydrogen-bond acceptors (Lipinski definition) is 6. The lowest BCUT2D eigenvalue weighted by atomic mass is 10.1. The van der Waals surface area contributed by atoms with E-state index < -0.39 is 10.0 Å². The summed E-state index contributed by atoms with van der Waals surface area (Å²) in [5, 5.41) is 1.06. The van der Waals surface area contributed by atoms with Gasteiger partial charge in [-0.3, -0.25) is 4.72 Å². The molecule has 6 nitrogen and oxygen atoms in total. The SMILES string of the molecule is Cc1sc(N2CCN(C)CC2)nc1-c1ccc(NS(C)(=O)=O)cc1. The molecule has 0 amide bonds. The molecule has 0 aliphatic carbocycles. The standard InChI is InChI=1S/C16H22N4O2S2/c1-12-15(13-4-6-14(7-5-13)18-24(3,21)22)17-16(23-12)20-10-8-19(2)9-11-20/h4-7,18H,8-11H2,1-3H3. The summed E-state index contributed by atoms with van der Waals surface area (Å²) < 4.78 is 25.0. The van der Waals surface area contributed by atoms with E-state index in [4.69, 9.17) is 4.98 Å². The molecule has 1 N–H and O–H groups in total. The first-order valence-corrected chi connectivity index (χ1v) is 10.5. The molecule has 0 bridgehead atoms. The number of nitrogens with zero attached hydrogens (tertiary/aromatic N) is 3. The number of nitrogens with one attached hydrogen (secondary N) is 1. The first-order valence-electron chi connectivity index (χ1n) is 7.81. The molecule has 1 aliphatic rings. The number of piperazine rings is 1.